The van der Waals surface area contributed by atoms with Crippen molar-refractivity contribution in [3.63, 3.8) is 0 Å². The van der Waals surface area contributed by atoms with E-state index in [0.29, 0.717) is 5.41 Å². The number of rotatable bonds is 2. The summed E-state index contributed by atoms with van der Waals surface area (Å²) in [6.45, 7) is 6.77. The molecule has 1 atom stereocenters. The lowest BCUT2D eigenvalue weighted by Gasteiger charge is -2.32. The van der Waals surface area contributed by atoms with E-state index in [0.717, 1.165) is 19.3 Å². The molecular formula is C12H20N2S. The van der Waals surface area contributed by atoms with E-state index in [9.17, 15) is 0 Å². The van der Waals surface area contributed by atoms with Gasteiger partial charge in [-0.3, -0.25) is 0 Å². The van der Waals surface area contributed by atoms with Crippen molar-refractivity contribution in [3.8, 4) is 0 Å². The topological polar surface area (TPSA) is 38.9 Å². The Balaban J connectivity index is 2.30. The van der Waals surface area contributed by atoms with E-state index in [-0.39, 0.29) is 6.04 Å². The molecule has 1 heterocycles. The van der Waals surface area contributed by atoms with Gasteiger partial charge < -0.3 is 5.73 Å². The van der Waals surface area contributed by atoms with Gasteiger partial charge in [0.25, 0.3) is 0 Å². The zero-order chi connectivity index (χ0) is 11.1. The molecular weight excluding hydrogens is 204 g/mol. The van der Waals surface area contributed by atoms with Crippen LogP contribution in [0.25, 0.3) is 0 Å². The van der Waals surface area contributed by atoms with E-state index in [1.165, 1.54) is 22.0 Å². The van der Waals surface area contributed by atoms with Crippen molar-refractivity contribution in [1.29, 1.82) is 0 Å². The standard InChI is InChI=1S/C12H20N2S/c1-4-5-10-14-9-7-12(2,3)6-8(13)11(9)15-10/h8H,4-7,13H2,1-3H3. The SMILES string of the molecule is CCCc1nc2c(s1)C(N)CC(C)(C)C2. The first-order valence-corrected chi connectivity index (χ1v) is 6.57. The van der Waals surface area contributed by atoms with Gasteiger partial charge in [0.05, 0.1) is 10.7 Å². The molecule has 1 aliphatic carbocycles. The number of aryl methyl sites for hydroxylation is 1. The number of nitrogens with two attached hydrogens (primary N) is 1. The third kappa shape index (κ3) is 2.23. The van der Waals surface area contributed by atoms with Crippen LogP contribution in [0.2, 0.25) is 0 Å². The first-order valence-electron chi connectivity index (χ1n) is 5.76. The van der Waals surface area contributed by atoms with Crippen LogP contribution in [0.4, 0.5) is 0 Å². The number of fused-ring (bicyclic) bond motifs is 1. The summed E-state index contributed by atoms with van der Waals surface area (Å²) in [7, 11) is 0. The molecule has 2 nitrogen and oxygen atoms in total. The van der Waals surface area contributed by atoms with Gasteiger partial charge in [0, 0.05) is 10.9 Å². The van der Waals surface area contributed by atoms with Gasteiger partial charge in [-0.1, -0.05) is 20.8 Å². The molecule has 1 aromatic heterocycles. The van der Waals surface area contributed by atoms with Crippen LogP contribution < -0.4 is 5.73 Å². The van der Waals surface area contributed by atoms with Gasteiger partial charge in [0.1, 0.15) is 0 Å². The number of thiazole rings is 1. The van der Waals surface area contributed by atoms with Crippen LogP contribution in [0.3, 0.4) is 0 Å². The Labute approximate surface area is 95.9 Å². The van der Waals surface area contributed by atoms with Crippen LogP contribution in [0.1, 0.15) is 55.2 Å². The Hall–Kier alpha value is -0.410. The van der Waals surface area contributed by atoms with Gasteiger partial charge in [0.2, 0.25) is 0 Å². The molecule has 0 saturated heterocycles. The molecule has 3 heteroatoms. The Morgan fingerprint density at radius 2 is 2.27 bits per heavy atom. The van der Waals surface area contributed by atoms with E-state index in [1.807, 2.05) is 11.3 Å². The number of hydrogen-bond donors (Lipinski definition) is 1. The number of nitrogens with zero attached hydrogens (tertiary/aromatic N) is 1. The van der Waals surface area contributed by atoms with E-state index >= 15 is 0 Å². The predicted molar refractivity (Wildman–Crippen MR) is 65.1 cm³/mol. The molecule has 1 aliphatic rings. The van der Waals surface area contributed by atoms with E-state index < -0.39 is 0 Å². The molecule has 0 amide bonds. The molecule has 0 radical (unpaired) electrons. The molecule has 1 unspecified atom stereocenters. The maximum atomic E-state index is 6.20. The third-order valence-electron chi connectivity index (χ3n) is 2.99. The maximum absolute atomic E-state index is 6.20. The minimum atomic E-state index is 0.215. The van der Waals surface area contributed by atoms with Gasteiger partial charge in [-0.2, -0.15) is 0 Å². The highest BCUT2D eigenvalue weighted by molar-refractivity contribution is 7.11. The summed E-state index contributed by atoms with van der Waals surface area (Å²) in [6.07, 6.45) is 4.46. The number of aromatic nitrogens is 1. The van der Waals surface area contributed by atoms with Crippen LogP contribution in [0.5, 0.6) is 0 Å². The fraction of sp³-hybridized carbons (Fsp3) is 0.750. The molecule has 0 saturated carbocycles. The summed E-state index contributed by atoms with van der Waals surface area (Å²) < 4.78 is 0. The highest BCUT2D eigenvalue weighted by Gasteiger charge is 2.32. The van der Waals surface area contributed by atoms with Crippen molar-refractivity contribution in [3.05, 3.63) is 15.6 Å². The summed E-state index contributed by atoms with van der Waals surface area (Å²) in [5.74, 6) is 0. The lowest BCUT2D eigenvalue weighted by atomic mass is 9.77. The summed E-state index contributed by atoms with van der Waals surface area (Å²) in [4.78, 5) is 6.07. The molecule has 0 aromatic carbocycles. The van der Waals surface area contributed by atoms with Gasteiger partial charge in [-0.25, -0.2) is 4.98 Å². The normalized spacial score (nSPS) is 23.9. The minimum absolute atomic E-state index is 0.215. The molecule has 1 aromatic rings. The lowest BCUT2D eigenvalue weighted by molar-refractivity contribution is 0.282. The Kier molecular flexibility index (Phi) is 2.86. The largest absolute Gasteiger partial charge is 0.323 e. The van der Waals surface area contributed by atoms with E-state index in [4.69, 9.17) is 10.7 Å². The van der Waals surface area contributed by atoms with Crippen molar-refractivity contribution >= 4 is 11.3 Å². The quantitative estimate of drug-likeness (QED) is 0.838. The van der Waals surface area contributed by atoms with Crippen molar-refractivity contribution in [1.82, 2.24) is 4.98 Å². The average molecular weight is 224 g/mol. The van der Waals surface area contributed by atoms with Gasteiger partial charge >= 0.3 is 0 Å². The molecule has 2 rings (SSSR count). The van der Waals surface area contributed by atoms with Crippen molar-refractivity contribution in [2.45, 2.75) is 52.5 Å². The second kappa shape index (κ2) is 3.87. The van der Waals surface area contributed by atoms with E-state index in [2.05, 4.69) is 20.8 Å². The molecule has 2 N–H and O–H groups in total. The Morgan fingerprint density at radius 1 is 1.53 bits per heavy atom. The average Bonchev–Trinajstić information content (AvgIpc) is 2.46. The number of hydrogen-bond acceptors (Lipinski definition) is 3. The second-order valence-corrected chi connectivity index (χ2v) is 6.44. The molecule has 0 bridgehead atoms. The highest BCUT2D eigenvalue weighted by atomic mass is 32.1. The maximum Gasteiger partial charge on any atom is 0.0931 e. The van der Waals surface area contributed by atoms with Gasteiger partial charge in [-0.05, 0) is 31.1 Å². The highest BCUT2D eigenvalue weighted by Crippen LogP contribution is 2.41. The first kappa shape index (κ1) is 11.1. The van der Waals surface area contributed by atoms with Gasteiger partial charge in [0.15, 0.2) is 0 Å². The van der Waals surface area contributed by atoms with Crippen molar-refractivity contribution in [2.75, 3.05) is 0 Å². The predicted octanol–water partition coefficient (Wildman–Crippen LogP) is 3.07. The fourth-order valence-electron chi connectivity index (χ4n) is 2.36. The zero-order valence-electron chi connectivity index (χ0n) is 9.84. The van der Waals surface area contributed by atoms with Crippen LogP contribution in [0, 0.1) is 5.41 Å². The first-order chi connectivity index (χ1) is 7.02. The summed E-state index contributed by atoms with van der Waals surface area (Å²) in [5.41, 5.74) is 7.80. The summed E-state index contributed by atoms with van der Waals surface area (Å²) in [6, 6.07) is 0.215. The molecule has 15 heavy (non-hydrogen) atoms. The second-order valence-electron chi connectivity index (χ2n) is 5.32. The Morgan fingerprint density at radius 3 is 2.93 bits per heavy atom. The van der Waals surface area contributed by atoms with Crippen LogP contribution in [0.15, 0.2) is 0 Å². The van der Waals surface area contributed by atoms with Crippen LogP contribution >= 0.6 is 11.3 Å². The zero-order valence-corrected chi connectivity index (χ0v) is 10.7. The monoisotopic (exact) mass is 224 g/mol. The van der Waals surface area contributed by atoms with Crippen LogP contribution in [-0.4, -0.2) is 4.98 Å². The molecule has 0 aliphatic heterocycles. The molecule has 0 spiro atoms. The van der Waals surface area contributed by atoms with E-state index in [1.54, 1.807) is 0 Å². The summed E-state index contributed by atoms with van der Waals surface area (Å²) in [5, 5.41) is 1.27. The van der Waals surface area contributed by atoms with Crippen molar-refractivity contribution < 1.29 is 0 Å². The Bertz CT molecular complexity index is 355. The fourth-order valence-corrected chi connectivity index (χ4v) is 3.55. The van der Waals surface area contributed by atoms with Gasteiger partial charge in [-0.15, -0.1) is 11.3 Å². The molecule has 84 valence electrons. The third-order valence-corrected chi connectivity index (χ3v) is 4.28. The van der Waals surface area contributed by atoms with Crippen LogP contribution in [-0.2, 0) is 12.8 Å². The lowest BCUT2D eigenvalue weighted by Crippen LogP contribution is -2.28. The van der Waals surface area contributed by atoms with Crippen molar-refractivity contribution in [2.24, 2.45) is 11.1 Å². The smallest absolute Gasteiger partial charge is 0.0931 e. The minimum Gasteiger partial charge on any atom is -0.323 e. The summed E-state index contributed by atoms with van der Waals surface area (Å²) >= 11 is 1.83. The molecule has 0 fully saturated rings.